The van der Waals surface area contributed by atoms with Crippen molar-refractivity contribution >= 4 is 52.2 Å². The summed E-state index contributed by atoms with van der Waals surface area (Å²) in [6.07, 6.45) is 0.900. The Morgan fingerprint density at radius 3 is 2.50 bits per heavy atom. The van der Waals surface area contributed by atoms with Crippen molar-refractivity contribution in [2.45, 2.75) is 42.8 Å². The van der Waals surface area contributed by atoms with Gasteiger partial charge in [0.1, 0.15) is 11.4 Å². The van der Waals surface area contributed by atoms with Crippen molar-refractivity contribution in [1.29, 1.82) is 0 Å². The number of amides is 1. The summed E-state index contributed by atoms with van der Waals surface area (Å²) >= 11 is 12.4. The Kier molecular flexibility index (Phi) is 8.03. The molecule has 12 nitrogen and oxygen atoms in total. The zero-order valence-corrected chi connectivity index (χ0v) is 25.6. The molecule has 3 aliphatic rings. The first-order chi connectivity index (χ1) is 21.9. The Bertz CT molecular complexity index is 1840. The number of nitrogens with zero attached hydrogens (tertiary/aromatic N) is 3. The second kappa shape index (κ2) is 11.7. The van der Waals surface area contributed by atoms with E-state index in [0.29, 0.717) is 5.56 Å². The fourth-order valence-electron chi connectivity index (χ4n) is 6.96. The largest absolute Gasteiger partial charge is 0.465 e. The van der Waals surface area contributed by atoms with Gasteiger partial charge in [0.15, 0.2) is 5.78 Å². The minimum absolute atomic E-state index is 0.0302. The van der Waals surface area contributed by atoms with Crippen molar-refractivity contribution in [3.8, 4) is 0 Å². The summed E-state index contributed by atoms with van der Waals surface area (Å²) < 4.78 is 20.6. The quantitative estimate of drug-likeness (QED) is 0.129. The van der Waals surface area contributed by atoms with Crippen LogP contribution < -0.4 is 5.32 Å². The highest BCUT2D eigenvalue weighted by atomic mass is 35.5. The van der Waals surface area contributed by atoms with Crippen molar-refractivity contribution in [3.63, 3.8) is 0 Å². The lowest BCUT2D eigenvalue weighted by Gasteiger charge is -2.38. The number of hydrogen-bond donors (Lipinski definition) is 1. The van der Waals surface area contributed by atoms with Crippen LogP contribution in [0.2, 0.25) is 10.0 Å². The number of halogens is 3. The van der Waals surface area contributed by atoms with E-state index in [1.54, 1.807) is 11.0 Å². The molecule has 1 amide bonds. The number of rotatable bonds is 9. The number of esters is 1. The topological polar surface area (TPSA) is 162 Å². The van der Waals surface area contributed by atoms with E-state index < -0.39 is 69.0 Å². The fourth-order valence-corrected chi connectivity index (χ4v) is 7.32. The number of ether oxygens (including phenoxy) is 1. The Hall–Kier alpha value is -4.46. The average molecular weight is 671 g/mol. The van der Waals surface area contributed by atoms with Gasteiger partial charge in [-0.3, -0.25) is 34.7 Å². The van der Waals surface area contributed by atoms with Crippen LogP contribution in [0.15, 0.2) is 54.6 Å². The normalized spacial score (nSPS) is 23.7. The molecule has 1 spiro atoms. The summed E-state index contributed by atoms with van der Waals surface area (Å²) in [5.74, 6) is -4.74. The number of Topliss-reactive ketones (excluding diaryl/α,β-unsaturated/α-hetero) is 1. The van der Waals surface area contributed by atoms with Crippen LogP contribution in [0.3, 0.4) is 0 Å². The van der Waals surface area contributed by atoms with Crippen molar-refractivity contribution < 1.29 is 33.4 Å². The van der Waals surface area contributed by atoms with Crippen molar-refractivity contribution in [2.24, 2.45) is 5.92 Å². The number of benzene rings is 3. The number of hydrogen-bond acceptors (Lipinski definition) is 9. The van der Waals surface area contributed by atoms with Crippen LogP contribution in [0.4, 0.5) is 15.8 Å². The SMILES string of the molecule is COC(=O)c1ccc(C(=O)C[C@H]2[C@@H]([N+](=O)[O-])[C@H](c3cccc(Cl)c3F)[C@]3(C(=O)Nc4cc(Cl)ccc43)N2CC2CC2)c([N+](=O)[O-])c1. The molecule has 1 saturated heterocycles. The monoisotopic (exact) mass is 670 g/mol. The van der Waals surface area contributed by atoms with Crippen LogP contribution in [-0.2, 0) is 15.1 Å². The summed E-state index contributed by atoms with van der Waals surface area (Å²) in [5, 5.41) is 27.9. The third-order valence-electron chi connectivity index (χ3n) is 9.05. The average Bonchev–Trinajstić information content (AvgIpc) is 3.74. The minimum atomic E-state index is -1.86. The third-order valence-corrected chi connectivity index (χ3v) is 9.58. The first kappa shape index (κ1) is 31.5. The first-order valence-electron chi connectivity index (χ1n) is 14.3. The molecular weight excluding hydrogens is 646 g/mol. The molecule has 2 heterocycles. The van der Waals surface area contributed by atoms with Gasteiger partial charge in [-0.1, -0.05) is 41.4 Å². The molecule has 3 aromatic carbocycles. The van der Waals surface area contributed by atoms with E-state index >= 15 is 4.39 Å². The van der Waals surface area contributed by atoms with Gasteiger partial charge in [0.2, 0.25) is 6.04 Å². The van der Waals surface area contributed by atoms with E-state index in [-0.39, 0.29) is 44.9 Å². The molecule has 46 heavy (non-hydrogen) atoms. The summed E-state index contributed by atoms with van der Waals surface area (Å²) in [5.41, 5.74) is -2.69. The Balaban J connectivity index is 1.56. The highest BCUT2D eigenvalue weighted by Crippen LogP contribution is 2.59. The highest BCUT2D eigenvalue weighted by Gasteiger charge is 2.71. The van der Waals surface area contributed by atoms with Gasteiger partial charge in [0, 0.05) is 45.8 Å². The Labute approximate surface area is 270 Å². The van der Waals surface area contributed by atoms with Gasteiger partial charge >= 0.3 is 5.97 Å². The third kappa shape index (κ3) is 4.99. The number of carbonyl (C=O) groups is 3. The predicted molar refractivity (Wildman–Crippen MR) is 163 cm³/mol. The number of methoxy groups -OCH3 is 1. The molecule has 3 aromatic rings. The number of nitrogens with one attached hydrogen (secondary N) is 1. The molecule has 2 fully saturated rings. The predicted octanol–water partition coefficient (Wildman–Crippen LogP) is 5.77. The lowest BCUT2D eigenvalue weighted by atomic mass is 9.73. The van der Waals surface area contributed by atoms with E-state index in [9.17, 15) is 34.6 Å². The number of carbonyl (C=O) groups excluding carboxylic acids is 3. The molecule has 6 rings (SSSR count). The maximum atomic E-state index is 15.9. The van der Waals surface area contributed by atoms with Gasteiger partial charge in [-0.25, -0.2) is 9.18 Å². The zero-order valence-electron chi connectivity index (χ0n) is 24.1. The summed E-state index contributed by atoms with van der Waals surface area (Å²) in [6.45, 7) is 0.153. The molecule has 1 N–H and O–H groups in total. The van der Waals surface area contributed by atoms with Crippen LogP contribution in [0.5, 0.6) is 0 Å². The van der Waals surface area contributed by atoms with Crippen molar-refractivity contribution in [3.05, 3.63) is 113 Å². The van der Waals surface area contributed by atoms with Gasteiger partial charge in [0.25, 0.3) is 11.6 Å². The zero-order chi connectivity index (χ0) is 33.1. The molecule has 0 radical (unpaired) electrons. The van der Waals surface area contributed by atoms with Gasteiger partial charge < -0.3 is 10.1 Å². The summed E-state index contributed by atoms with van der Waals surface area (Å²) in [6, 6.07) is 8.74. The molecule has 0 aromatic heterocycles. The smallest absolute Gasteiger partial charge is 0.338 e. The molecule has 0 unspecified atom stereocenters. The number of likely N-dealkylation sites (tertiary alicyclic amines) is 1. The van der Waals surface area contributed by atoms with Gasteiger partial charge in [0.05, 0.1) is 40.1 Å². The summed E-state index contributed by atoms with van der Waals surface area (Å²) in [7, 11) is 1.10. The standard InChI is InChI=1S/C31H25Cl2FN4O8/c1-46-29(40)16-7-9-18(23(11-16)37(42)43)25(39)13-24-28(38(44)45)26(19-3-2-4-21(33)27(19)34)31(36(24)14-15-5-6-15)20-10-8-17(32)12-22(20)35-30(31)41/h2-4,7-12,15,24,26,28H,5-6,13-14H2,1H3,(H,35,41)/t24-,26-,28+,31+/m0/s1. The molecule has 1 aliphatic carbocycles. The van der Waals surface area contributed by atoms with Gasteiger partial charge in [-0.15, -0.1) is 0 Å². The van der Waals surface area contributed by atoms with Crippen LogP contribution in [0.25, 0.3) is 0 Å². The maximum Gasteiger partial charge on any atom is 0.338 e. The van der Waals surface area contributed by atoms with E-state index in [1.165, 1.54) is 36.4 Å². The fraction of sp³-hybridized carbons (Fsp3) is 0.323. The lowest BCUT2D eigenvalue weighted by Crippen LogP contribution is -2.53. The maximum absolute atomic E-state index is 15.9. The molecule has 4 atom stereocenters. The Morgan fingerprint density at radius 1 is 1.11 bits per heavy atom. The summed E-state index contributed by atoms with van der Waals surface area (Å²) in [4.78, 5) is 65.5. The lowest BCUT2D eigenvalue weighted by molar-refractivity contribution is -0.528. The van der Waals surface area contributed by atoms with E-state index in [4.69, 9.17) is 23.2 Å². The van der Waals surface area contributed by atoms with Crippen LogP contribution in [0.1, 0.15) is 57.0 Å². The molecule has 238 valence electrons. The number of fused-ring (bicyclic) bond motifs is 2. The number of nitro benzene ring substituents is 1. The number of anilines is 1. The molecule has 15 heteroatoms. The molecule has 1 saturated carbocycles. The van der Waals surface area contributed by atoms with Crippen LogP contribution >= 0.6 is 23.2 Å². The van der Waals surface area contributed by atoms with E-state index in [0.717, 1.165) is 32.1 Å². The van der Waals surface area contributed by atoms with E-state index in [2.05, 4.69) is 10.1 Å². The Morgan fingerprint density at radius 2 is 1.85 bits per heavy atom. The molecule has 0 bridgehead atoms. The second-order valence-electron chi connectivity index (χ2n) is 11.6. The number of ketones is 1. The van der Waals surface area contributed by atoms with E-state index in [1.807, 2.05) is 0 Å². The van der Waals surface area contributed by atoms with Crippen molar-refractivity contribution in [1.82, 2.24) is 4.90 Å². The second-order valence-corrected chi connectivity index (χ2v) is 12.4. The van der Waals surface area contributed by atoms with Crippen LogP contribution in [0, 0.1) is 32.0 Å². The minimum Gasteiger partial charge on any atom is -0.465 e. The number of nitro groups is 2. The highest BCUT2D eigenvalue weighted by molar-refractivity contribution is 6.31. The molecular formula is C31H25Cl2FN4O8. The first-order valence-corrected chi connectivity index (χ1v) is 15.0. The van der Waals surface area contributed by atoms with Gasteiger partial charge in [-0.2, -0.15) is 0 Å². The van der Waals surface area contributed by atoms with Gasteiger partial charge in [-0.05, 0) is 49.1 Å². The van der Waals surface area contributed by atoms with Crippen molar-refractivity contribution in [2.75, 3.05) is 19.0 Å². The van der Waals surface area contributed by atoms with Crippen LogP contribution in [-0.4, -0.2) is 58.1 Å². The molecule has 2 aliphatic heterocycles.